The van der Waals surface area contributed by atoms with Crippen molar-refractivity contribution in [2.24, 2.45) is 0 Å². The molecule has 0 aromatic heterocycles. The number of aliphatic hydroxyl groups excluding tert-OH is 1. The molecule has 0 saturated carbocycles. The molecule has 0 heterocycles. The fourth-order valence-corrected chi connectivity index (χ4v) is 1.34. The second-order valence-corrected chi connectivity index (χ2v) is 3.28. The number of ether oxygens (including phenoxy) is 1. The number of rotatable bonds is 5. The number of hydrogen-bond acceptors (Lipinski definition) is 4. The van der Waals surface area contributed by atoms with Crippen LogP contribution < -0.4 is 0 Å². The average molecular weight is 223 g/mol. The van der Waals surface area contributed by atoms with E-state index in [-0.39, 0.29) is 17.7 Å². The fourth-order valence-electron chi connectivity index (χ4n) is 1.34. The molecule has 1 aromatic rings. The van der Waals surface area contributed by atoms with Crippen LogP contribution >= 0.6 is 0 Å². The highest BCUT2D eigenvalue weighted by Crippen LogP contribution is 2.28. The Labute approximate surface area is 93.1 Å². The molecule has 86 valence electrons. The van der Waals surface area contributed by atoms with Crippen LogP contribution in [0.25, 0.3) is 0 Å². The van der Waals surface area contributed by atoms with Crippen molar-refractivity contribution >= 4 is 5.69 Å². The maximum absolute atomic E-state index is 10.7. The second kappa shape index (κ2) is 5.27. The van der Waals surface area contributed by atoms with Gasteiger partial charge in [0.2, 0.25) is 0 Å². The van der Waals surface area contributed by atoms with Gasteiger partial charge in [-0.05, 0) is 6.07 Å². The molecular weight excluding hydrogens is 210 g/mol. The summed E-state index contributed by atoms with van der Waals surface area (Å²) in [6.45, 7) is 3.56. The zero-order valence-corrected chi connectivity index (χ0v) is 8.92. The topological polar surface area (TPSA) is 72.6 Å². The molecule has 0 spiro atoms. The Bertz CT molecular complexity index is 403. The Morgan fingerprint density at radius 3 is 2.81 bits per heavy atom. The summed E-state index contributed by atoms with van der Waals surface area (Å²) in [6.07, 6.45) is -0.838. The van der Waals surface area contributed by atoms with Crippen LogP contribution in [0.15, 0.2) is 36.6 Å². The van der Waals surface area contributed by atoms with E-state index >= 15 is 0 Å². The summed E-state index contributed by atoms with van der Waals surface area (Å²) in [5.74, 6) is 0.380. The van der Waals surface area contributed by atoms with Gasteiger partial charge in [0, 0.05) is 12.5 Å². The van der Waals surface area contributed by atoms with Crippen LogP contribution in [0.1, 0.15) is 18.1 Å². The number of nitro groups is 1. The maximum atomic E-state index is 10.7. The first-order chi connectivity index (χ1) is 7.56. The first kappa shape index (κ1) is 12.2. The number of nitrogens with zero attached hydrogens (tertiary/aromatic N) is 1. The van der Waals surface area contributed by atoms with Crippen LogP contribution in [0.2, 0.25) is 0 Å². The summed E-state index contributed by atoms with van der Waals surface area (Å²) in [7, 11) is 1.44. The first-order valence-electron chi connectivity index (χ1n) is 4.69. The number of para-hydroxylation sites is 1. The van der Waals surface area contributed by atoms with E-state index < -0.39 is 11.0 Å². The van der Waals surface area contributed by atoms with Crippen molar-refractivity contribution in [1.29, 1.82) is 0 Å². The van der Waals surface area contributed by atoms with Crippen LogP contribution in [0.3, 0.4) is 0 Å². The van der Waals surface area contributed by atoms with Crippen molar-refractivity contribution < 1.29 is 14.8 Å². The lowest BCUT2D eigenvalue weighted by Gasteiger charge is -2.12. The summed E-state index contributed by atoms with van der Waals surface area (Å²) >= 11 is 0. The van der Waals surface area contributed by atoms with Gasteiger partial charge in [-0.3, -0.25) is 10.1 Å². The predicted octanol–water partition coefficient (Wildman–Crippen LogP) is 2.18. The van der Waals surface area contributed by atoms with Gasteiger partial charge >= 0.3 is 0 Å². The van der Waals surface area contributed by atoms with E-state index in [1.165, 1.54) is 19.2 Å². The summed E-state index contributed by atoms with van der Waals surface area (Å²) in [5, 5.41) is 20.5. The van der Waals surface area contributed by atoms with Crippen molar-refractivity contribution in [3.05, 3.63) is 52.3 Å². The van der Waals surface area contributed by atoms with Crippen LogP contribution in [0, 0.1) is 10.1 Å². The van der Waals surface area contributed by atoms with Crippen LogP contribution in [0.5, 0.6) is 0 Å². The Morgan fingerprint density at radius 1 is 1.62 bits per heavy atom. The molecule has 0 aliphatic carbocycles. The van der Waals surface area contributed by atoms with Crippen LogP contribution in [-0.4, -0.2) is 17.1 Å². The normalized spacial score (nSPS) is 11.9. The summed E-state index contributed by atoms with van der Waals surface area (Å²) in [5.41, 5.74) is 0.171. The molecule has 0 unspecified atom stereocenters. The highest BCUT2D eigenvalue weighted by Gasteiger charge is 2.20. The number of nitro benzene ring substituents is 1. The number of aliphatic hydroxyl groups is 1. The Morgan fingerprint density at radius 2 is 2.25 bits per heavy atom. The van der Waals surface area contributed by atoms with E-state index in [1.54, 1.807) is 12.1 Å². The fraction of sp³-hybridized carbons (Fsp3) is 0.273. The Hall–Kier alpha value is -1.88. The summed E-state index contributed by atoms with van der Waals surface area (Å²) in [6, 6.07) is 6.07. The minimum absolute atomic E-state index is 0.0982. The highest BCUT2D eigenvalue weighted by molar-refractivity contribution is 5.41. The predicted molar refractivity (Wildman–Crippen MR) is 58.8 cm³/mol. The Kier molecular flexibility index (Phi) is 4.02. The van der Waals surface area contributed by atoms with E-state index in [2.05, 4.69) is 6.58 Å². The minimum atomic E-state index is -0.978. The number of methoxy groups -OCH3 is 1. The molecule has 0 aliphatic rings. The molecule has 5 nitrogen and oxygen atoms in total. The van der Waals surface area contributed by atoms with Gasteiger partial charge in [-0.25, -0.2) is 0 Å². The molecule has 1 atom stereocenters. The molecule has 1 rings (SSSR count). The van der Waals surface area contributed by atoms with Gasteiger partial charge in [-0.2, -0.15) is 0 Å². The van der Waals surface area contributed by atoms with Gasteiger partial charge in [0.25, 0.3) is 5.69 Å². The second-order valence-electron chi connectivity index (χ2n) is 3.28. The lowest BCUT2D eigenvalue weighted by molar-refractivity contribution is -0.386. The van der Waals surface area contributed by atoms with Gasteiger partial charge in [0.15, 0.2) is 0 Å². The monoisotopic (exact) mass is 223 g/mol. The van der Waals surface area contributed by atoms with Crippen molar-refractivity contribution in [3.63, 3.8) is 0 Å². The van der Waals surface area contributed by atoms with Gasteiger partial charge in [0.05, 0.1) is 29.5 Å². The third kappa shape index (κ3) is 2.80. The lowest BCUT2D eigenvalue weighted by atomic mass is 10.0. The van der Waals surface area contributed by atoms with E-state index in [0.29, 0.717) is 5.76 Å². The third-order valence-corrected chi connectivity index (χ3v) is 2.20. The molecule has 0 fully saturated rings. The smallest absolute Gasteiger partial charge is 0.275 e. The Balaban J connectivity index is 2.94. The summed E-state index contributed by atoms with van der Waals surface area (Å²) in [4.78, 5) is 10.2. The molecule has 0 bridgehead atoms. The largest absolute Gasteiger partial charge is 0.502 e. The van der Waals surface area contributed by atoms with Crippen molar-refractivity contribution in [1.82, 2.24) is 0 Å². The van der Waals surface area contributed by atoms with Crippen molar-refractivity contribution in [2.75, 3.05) is 7.11 Å². The SMILES string of the molecule is C=C(C[C@H](O)c1ccccc1[N+](=O)[O-])OC. The van der Waals surface area contributed by atoms with Crippen molar-refractivity contribution in [2.45, 2.75) is 12.5 Å². The van der Waals surface area contributed by atoms with Gasteiger partial charge in [-0.1, -0.05) is 18.7 Å². The molecule has 1 aromatic carbocycles. The van der Waals surface area contributed by atoms with E-state index in [0.717, 1.165) is 0 Å². The molecule has 0 saturated heterocycles. The first-order valence-corrected chi connectivity index (χ1v) is 4.69. The molecular formula is C11H13NO4. The average Bonchev–Trinajstić information content (AvgIpc) is 2.28. The zero-order chi connectivity index (χ0) is 12.1. The molecule has 0 aliphatic heterocycles. The van der Waals surface area contributed by atoms with E-state index in [4.69, 9.17) is 4.74 Å². The molecule has 16 heavy (non-hydrogen) atoms. The zero-order valence-electron chi connectivity index (χ0n) is 8.92. The highest BCUT2D eigenvalue weighted by atomic mass is 16.6. The molecule has 0 amide bonds. The van der Waals surface area contributed by atoms with E-state index in [1.807, 2.05) is 0 Å². The maximum Gasteiger partial charge on any atom is 0.275 e. The minimum Gasteiger partial charge on any atom is -0.502 e. The standard InChI is InChI=1S/C11H13NO4/c1-8(16-2)7-11(13)9-5-3-4-6-10(9)12(14)15/h3-6,11,13H,1,7H2,2H3/t11-/m0/s1. The number of benzene rings is 1. The van der Waals surface area contributed by atoms with Crippen LogP contribution in [-0.2, 0) is 4.74 Å². The van der Waals surface area contributed by atoms with E-state index in [9.17, 15) is 15.2 Å². The van der Waals surface area contributed by atoms with Crippen molar-refractivity contribution in [3.8, 4) is 0 Å². The molecule has 5 heteroatoms. The molecule has 0 radical (unpaired) electrons. The number of hydrogen-bond donors (Lipinski definition) is 1. The van der Waals surface area contributed by atoms with Gasteiger partial charge in [0.1, 0.15) is 0 Å². The van der Waals surface area contributed by atoms with Crippen LogP contribution in [0.4, 0.5) is 5.69 Å². The third-order valence-electron chi connectivity index (χ3n) is 2.20. The molecule has 1 N–H and O–H groups in total. The lowest BCUT2D eigenvalue weighted by Crippen LogP contribution is -2.03. The van der Waals surface area contributed by atoms with Gasteiger partial charge < -0.3 is 9.84 Å². The quantitative estimate of drug-likeness (QED) is 0.471. The van der Waals surface area contributed by atoms with Gasteiger partial charge in [-0.15, -0.1) is 0 Å². The summed E-state index contributed by atoms with van der Waals surface area (Å²) < 4.78 is 4.82.